The number of nitrogens with zero attached hydrogens (tertiary/aromatic N) is 2. The van der Waals surface area contributed by atoms with E-state index >= 15 is 0 Å². The molecule has 1 heterocycles. The molecule has 3 N–H and O–H groups in total. The van der Waals surface area contributed by atoms with E-state index in [2.05, 4.69) is 20.5 Å². The molecule has 0 fully saturated rings. The first-order valence-electron chi connectivity index (χ1n) is 6.61. The minimum absolute atomic E-state index is 0.146. The fraction of sp³-hybridized carbons (Fsp3) is 0.357. The lowest BCUT2D eigenvalue weighted by atomic mass is 10.0. The summed E-state index contributed by atoms with van der Waals surface area (Å²) in [5.41, 5.74) is 1.67. The average Bonchev–Trinajstić information content (AvgIpc) is 2.84. The number of amides is 1. The van der Waals surface area contributed by atoms with Crippen molar-refractivity contribution < 1.29 is 4.79 Å². The van der Waals surface area contributed by atoms with Gasteiger partial charge in [0.15, 0.2) is 0 Å². The highest BCUT2D eigenvalue weighted by molar-refractivity contribution is 5.83. The summed E-state index contributed by atoms with van der Waals surface area (Å²) in [7, 11) is 3.70. The van der Waals surface area contributed by atoms with Crippen LogP contribution in [0.15, 0.2) is 29.1 Å². The smallest absolute Gasteiger partial charge is 0.340 e. The third-order valence-electron chi connectivity index (χ3n) is 3.14. The Bertz CT molecular complexity index is 657. The Morgan fingerprint density at radius 2 is 2.00 bits per heavy atom. The SMILES string of the molecule is Cc1ccc([C@H](C(=O)NCc2n[nH]c(=O)[nH]2)N(C)C)cc1. The van der Waals surface area contributed by atoms with Crippen LogP contribution in [0.2, 0.25) is 0 Å². The summed E-state index contributed by atoms with van der Waals surface area (Å²) >= 11 is 0. The Balaban J connectivity index is 2.08. The van der Waals surface area contributed by atoms with Gasteiger partial charge >= 0.3 is 5.69 Å². The van der Waals surface area contributed by atoms with Crippen LogP contribution in [0.25, 0.3) is 0 Å². The third-order valence-corrected chi connectivity index (χ3v) is 3.14. The van der Waals surface area contributed by atoms with Crippen LogP contribution in [0.3, 0.4) is 0 Å². The molecule has 0 saturated carbocycles. The van der Waals surface area contributed by atoms with Crippen LogP contribution in [0.1, 0.15) is 23.0 Å². The molecule has 0 aliphatic rings. The minimum atomic E-state index is -0.392. The van der Waals surface area contributed by atoms with Gasteiger partial charge in [-0.25, -0.2) is 9.89 Å². The van der Waals surface area contributed by atoms with Crippen LogP contribution in [0.4, 0.5) is 0 Å². The Morgan fingerprint density at radius 3 is 2.52 bits per heavy atom. The molecule has 0 radical (unpaired) electrons. The second-order valence-corrected chi connectivity index (χ2v) is 5.12. The van der Waals surface area contributed by atoms with E-state index in [4.69, 9.17) is 0 Å². The summed E-state index contributed by atoms with van der Waals surface area (Å²) in [5.74, 6) is 0.252. The van der Waals surface area contributed by atoms with Crippen molar-refractivity contribution in [2.24, 2.45) is 0 Å². The standard InChI is InChI=1S/C14H19N5O2/c1-9-4-6-10(7-5-9)12(19(2)3)13(20)15-8-11-16-14(21)18-17-11/h4-7,12H,8H2,1-3H3,(H,15,20)(H2,16,17,18,21)/t12-/m1/s1. The molecular weight excluding hydrogens is 270 g/mol. The lowest BCUT2D eigenvalue weighted by molar-refractivity contribution is -0.126. The largest absolute Gasteiger partial charge is 0.347 e. The molecule has 0 saturated heterocycles. The van der Waals surface area contributed by atoms with Gasteiger partial charge < -0.3 is 5.32 Å². The van der Waals surface area contributed by atoms with Gasteiger partial charge in [0, 0.05) is 0 Å². The number of likely N-dealkylation sites (N-methyl/N-ethyl adjacent to an activating group) is 1. The lowest BCUT2D eigenvalue weighted by Gasteiger charge is -2.23. The Hall–Kier alpha value is -2.41. The summed E-state index contributed by atoms with van der Waals surface area (Å²) in [4.78, 5) is 27.6. The molecule has 0 spiro atoms. The topological polar surface area (TPSA) is 93.9 Å². The number of rotatable bonds is 5. The monoisotopic (exact) mass is 289 g/mol. The molecule has 2 aromatic rings. The first-order valence-corrected chi connectivity index (χ1v) is 6.61. The normalized spacial score (nSPS) is 12.4. The summed E-state index contributed by atoms with van der Waals surface area (Å²) in [5, 5.41) is 8.79. The van der Waals surface area contributed by atoms with Crippen molar-refractivity contribution in [3.8, 4) is 0 Å². The molecule has 7 nitrogen and oxygen atoms in total. The zero-order chi connectivity index (χ0) is 15.4. The highest BCUT2D eigenvalue weighted by Gasteiger charge is 2.22. The summed E-state index contributed by atoms with van der Waals surface area (Å²) < 4.78 is 0. The van der Waals surface area contributed by atoms with E-state index in [0.29, 0.717) is 5.82 Å². The Labute approximate surface area is 122 Å². The van der Waals surface area contributed by atoms with Crippen molar-refractivity contribution in [1.29, 1.82) is 0 Å². The Morgan fingerprint density at radius 1 is 1.33 bits per heavy atom. The second-order valence-electron chi connectivity index (χ2n) is 5.12. The molecule has 1 amide bonds. The summed E-state index contributed by atoms with van der Waals surface area (Å²) in [6, 6.07) is 7.44. The van der Waals surface area contributed by atoms with Crippen LogP contribution in [0, 0.1) is 6.92 Å². The van der Waals surface area contributed by atoms with Gasteiger partial charge in [0.1, 0.15) is 11.9 Å². The van der Waals surface area contributed by atoms with E-state index in [1.807, 2.05) is 50.2 Å². The summed E-state index contributed by atoms with van der Waals surface area (Å²) in [6.07, 6.45) is 0. The number of nitrogens with one attached hydrogen (secondary N) is 3. The number of hydrogen-bond donors (Lipinski definition) is 3. The molecule has 1 aromatic carbocycles. The van der Waals surface area contributed by atoms with Gasteiger partial charge in [0.2, 0.25) is 5.91 Å². The maximum absolute atomic E-state index is 12.4. The van der Waals surface area contributed by atoms with Crippen molar-refractivity contribution in [2.45, 2.75) is 19.5 Å². The molecule has 0 aliphatic carbocycles. The molecule has 1 atom stereocenters. The van der Waals surface area contributed by atoms with Gasteiger partial charge in [-0.2, -0.15) is 5.10 Å². The molecule has 21 heavy (non-hydrogen) atoms. The van der Waals surface area contributed by atoms with Gasteiger partial charge in [-0.3, -0.25) is 14.7 Å². The molecule has 7 heteroatoms. The van der Waals surface area contributed by atoms with Crippen LogP contribution in [-0.4, -0.2) is 40.1 Å². The number of aromatic nitrogens is 3. The predicted octanol–water partition coefficient (Wildman–Crippen LogP) is 0.326. The number of benzene rings is 1. The average molecular weight is 289 g/mol. The van der Waals surface area contributed by atoms with Gasteiger partial charge in [0.25, 0.3) is 0 Å². The lowest BCUT2D eigenvalue weighted by Crippen LogP contribution is -2.37. The summed E-state index contributed by atoms with van der Waals surface area (Å²) in [6.45, 7) is 2.18. The highest BCUT2D eigenvalue weighted by atomic mass is 16.2. The quantitative estimate of drug-likeness (QED) is 0.739. The zero-order valence-electron chi connectivity index (χ0n) is 12.3. The van der Waals surface area contributed by atoms with Crippen LogP contribution in [0.5, 0.6) is 0 Å². The maximum Gasteiger partial charge on any atom is 0.340 e. The van der Waals surface area contributed by atoms with Crippen molar-refractivity contribution in [1.82, 2.24) is 25.4 Å². The molecule has 0 bridgehead atoms. The van der Waals surface area contributed by atoms with Crippen molar-refractivity contribution in [3.05, 3.63) is 51.7 Å². The molecule has 1 aromatic heterocycles. The number of aryl methyl sites for hydroxylation is 1. The van der Waals surface area contributed by atoms with Crippen LogP contribution < -0.4 is 11.0 Å². The van der Waals surface area contributed by atoms with E-state index in [9.17, 15) is 9.59 Å². The van der Waals surface area contributed by atoms with Crippen molar-refractivity contribution in [2.75, 3.05) is 14.1 Å². The van der Waals surface area contributed by atoms with Crippen molar-refractivity contribution in [3.63, 3.8) is 0 Å². The number of aromatic amines is 2. The number of carbonyl (C=O) groups is 1. The Kier molecular flexibility index (Phi) is 4.54. The third kappa shape index (κ3) is 3.79. The fourth-order valence-electron chi connectivity index (χ4n) is 2.09. The van der Waals surface area contributed by atoms with E-state index < -0.39 is 6.04 Å². The van der Waals surface area contributed by atoms with Crippen LogP contribution in [-0.2, 0) is 11.3 Å². The van der Waals surface area contributed by atoms with Crippen LogP contribution >= 0.6 is 0 Å². The highest BCUT2D eigenvalue weighted by Crippen LogP contribution is 2.19. The minimum Gasteiger partial charge on any atom is -0.347 e. The van der Waals surface area contributed by atoms with E-state index in [-0.39, 0.29) is 18.1 Å². The molecular formula is C14H19N5O2. The first-order chi connectivity index (χ1) is 9.97. The predicted molar refractivity (Wildman–Crippen MR) is 78.7 cm³/mol. The molecule has 2 rings (SSSR count). The van der Waals surface area contributed by atoms with E-state index in [1.165, 1.54) is 0 Å². The number of carbonyl (C=O) groups excluding carboxylic acids is 1. The van der Waals surface area contributed by atoms with Gasteiger partial charge in [0.05, 0.1) is 6.54 Å². The number of H-pyrrole nitrogens is 2. The van der Waals surface area contributed by atoms with E-state index in [0.717, 1.165) is 11.1 Å². The number of hydrogen-bond acceptors (Lipinski definition) is 4. The van der Waals surface area contributed by atoms with Gasteiger partial charge in [-0.15, -0.1) is 0 Å². The zero-order valence-corrected chi connectivity index (χ0v) is 12.3. The fourth-order valence-corrected chi connectivity index (χ4v) is 2.09. The van der Waals surface area contributed by atoms with Gasteiger partial charge in [-0.1, -0.05) is 29.8 Å². The molecule has 112 valence electrons. The van der Waals surface area contributed by atoms with E-state index in [1.54, 1.807) is 0 Å². The molecule has 0 unspecified atom stereocenters. The second kappa shape index (κ2) is 6.36. The molecule has 0 aliphatic heterocycles. The van der Waals surface area contributed by atoms with Crippen molar-refractivity contribution >= 4 is 5.91 Å². The van der Waals surface area contributed by atoms with Gasteiger partial charge in [-0.05, 0) is 26.6 Å². The maximum atomic E-state index is 12.4. The first kappa shape index (κ1) is 15.0.